The van der Waals surface area contributed by atoms with Crippen molar-refractivity contribution in [1.82, 2.24) is 19.9 Å². The van der Waals surface area contributed by atoms with Crippen LogP contribution in [0.1, 0.15) is 12.7 Å². The van der Waals surface area contributed by atoms with Crippen LogP contribution in [-0.4, -0.2) is 59.7 Å². The van der Waals surface area contributed by atoms with Crippen molar-refractivity contribution in [1.29, 1.82) is 0 Å². The molecule has 0 saturated carbocycles. The summed E-state index contributed by atoms with van der Waals surface area (Å²) in [7, 11) is 2.14. The summed E-state index contributed by atoms with van der Waals surface area (Å²) in [5.74, 6) is 2.15. The molecule has 0 radical (unpaired) electrons. The largest absolute Gasteiger partial charge is 0.478 e. The smallest absolute Gasteiger partial charge is 0.218 e. The topological polar surface area (TPSA) is 53.5 Å². The third-order valence-electron chi connectivity index (χ3n) is 2.88. The first-order valence-electron chi connectivity index (χ1n) is 6.36. The molecule has 0 aromatic carbocycles. The molecule has 1 aliphatic rings. The lowest BCUT2D eigenvalue weighted by atomic mass is 10.4. The second-order valence-electron chi connectivity index (χ2n) is 4.47. The summed E-state index contributed by atoms with van der Waals surface area (Å²) in [5.41, 5.74) is 3.32. The molecule has 100 valence electrons. The molecule has 6 heteroatoms. The number of nitrogens with zero attached hydrogens (tertiary/aromatic N) is 4. The molecular weight excluding hydrogens is 230 g/mol. The van der Waals surface area contributed by atoms with Gasteiger partial charge >= 0.3 is 0 Å². The van der Waals surface area contributed by atoms with E-state index in [1.807, 2.05) is 19.9 Å². The maximum atomic E-state index is 5.42. The third-order valence-corrected chi connectivity index (χ3v) is 2.88. The van der Waals surface area contributed by atoms with Crippen LogP contribution in [0.4, 0.5) is 5.82 Å². The SMILES string of the molecule is CCOc1cc(NN2CCN(C)CC2)nc(C)n1. The Labute approximate surface area is 108 Å². The maximum absolute atomic E-state index is 5.42. The summed E-state index contributed by atoms with van der Waals surface area (Å²) in [6.45, 7) is 8.55. The molecule has 0 atom stereocenters. The van der Waals surface area contributed by atoms with Gasteiger partial charge in [-0.3, -0.25) is 0 Å². The van der Waals surface area contributed by atoms with Crippen LogP contribution < -0.4 is 10.2 Å². The fourth-order valence-corrected chi connectivity index (χ4v) is 1.90. The molecule has 18 heavy (non-hydrogen) atoms. The second kappa shape index (κ2) is 5.97. The average molecular weight is 251 g/mol. The summed E-state index contributed by atoms with van der Waals surface area (Å²) in [5, 5.41) is 2.18. The van der Waals surface area contributed by atoms with Gasteiger partial charge in [-0.05, 0) is 20.9 Å². The zero-order valence-corrected chi connectivity index (χ0v) is 11.3. The zero-order chi connectivity index (χ0) is 13.0. The number of ether oxygens (including phenoxy) is 1. The van der Waals surface area contributed by atoms with Crippen molar-refractivity contribution in [2.45, 2.75) is 13.8 Å². The highest BCUT2D eigenvalue weighted by molar-refractivity contribution is 5.37. The molecule has 2 rings (SSSR count). The number of aromatic nitrogens is 2. The normalized spacial score (nSPS) is 17.7. The first kappa shape index (κ1) is 13.0. The van der Waals surface area contributed by atoms with Crippen LogP contribution in [0.15, 0.2) is 6.07 Å². The number of hydrogen-bond donors (Lipinski definition) is 1. The first-order valence-corrected chi connectivity index (χ1v) is 6.36. The Morgan fingerprint density at radius 2 is 2.00 bits per heavy atom. The maximum Gasteiger partial charge on any atom is 0.218 e. The van der Waals surface area contributed by atoms with Gasteiger partial charge in [0.1, 0.15) is 11.6 Å². The number of hydrazine groups is 1. The van der Waals surface area contributed by atoms with Gasteiger partial charge < -0.3 is 15.1 Å². The van der Waals surface area contributed by atoms with Gasteiger partial charge in [-0.1, -0.05) is 0 Å². The first-order chi connectivity index (χ1) is 8.67. The zero-order valence-electron chi connectivity index (χ0n) is 11.3. The van der Waals surface area contributed by atoms with Gasteiger partial charge in [0.2, 0.25) is 5.88 Å². The summed E-state index contributed by atoms with van der Waals surface area (Å²) in [6.07, 6.45) is 0. The van der Waals surface area contributed by atoms with E-state index in [0.717, 1.165) is 37.8 Å². The van der Waals surface area contributed by atoms with Crippen molar-refractivity contribution in [2.75, 3.05) is 45.3 Å². The molecule has 1 N–H and O–H groups in total. The van der Waals surface area contributed by atoms with Gasteiger partial charge in [-0.2, -0.15) is 4.98 Å². The lowest BCUT2D eigenvalue weighted by molar-refractivity contribution is 0.178. The number of hydrogen-bond acceptors (Lipinski definition) is 6. The molecule has 1 saturated heterocycles. The molecule has 0 unspecified atom stereocenters. The molecule has 0 amide bonds. The van der Waals surface area contributed by atoms with E-state index in [0.29, 0.717) is 12.5 Å². The Hall–Kier alpha value is -1.40. The van der Waals surface area contributed by atoms with Crippen molar-refractivity contribution >= 4 is 5.82 Å². The molecule has 0 bridgehead atoms. The van der Waals surface area contributed by atoms with Crippen LogP contribution >= 0.6 is 0 Å². The average Bonchev–Trinajstić information content (AvgIpc) is 2.32. The van der Waals surface area contributed by atoms with Crippen molar-refractivity contribution in [2.24, 2.45) is 0 Å². The Morgan fingerprint density at radius 1 is 1.28 bits per heavy atom. The molecule has 1 fully saturated rings. The minimum Gasteiger partial charge on any atom is -0.478 e. The van der Waals surface area contributed by atoms with E-state index < -0.39 is 0 Å². The van der Waals surface area contributed by atoms with Crippen LogP contribution in [0.5, 0.6) is 5.88 Å². The predicted octanol–water partition coefficient (Wildman–Crippen LogP) is 0.758. The number of piperazine rings is 1. The number of rotatable bonds is 4. The van der Waals surface area contributed by atoms with Gasteiger partial charge in [0.05, 0.1) is 6.61 Å². The fraction of sp³-hybridized carbons (Fsp3) is 0.667. The van der Waals surface area contributed by atoms with Crippen LogP contribution in [-0.2, 0) is 0 Å². The molecule has 6 nitrogen and oxygen atoms in total. The number of likely N-dealkylation sites (N-methyl/N-ethyl adjacent to an activating group) is 1. The van der Waals surface area contributed by atoms with E-state index in [1.54, 1.807) is 0 Å². The van der Waals surface area contributed by atoms with E-state index in [-0.39, 0.29) is 0 Å². The molecule has 1 aromatic rings. The van der Waals surface area contributed by atoms with E-state index in [9.17, 15) is 0 Å². The van der Waals surface area contributed by atoms with E-state index in [2.05, 4.69) is 32.4 Å². The van der Waals surface area contributed by atoms with Crippen molar-refractivity contribution in [3.63, 3.8) is 0 Å². The van der Waals surface area contributed by atoms with Crippen molar-refractivity contribution in [3.05, 3.63) is 11.9 Å². The highest BCUT2D eigenvalue weighted by Gasteiger charge is 2.14. The monoisotopic (exact) mass is 251 g/mol. The molecule has 0 spiro atoms. The standard InChI is InChI=1S/C12H21N5O/c1-4-18-12-9-11(13-10(2)14-12)15-17-7-5-16(3)6-8-17/h9H,4-8H2,1-3H3,(H,13,14,15). The van der Waals surface area contributed by atoms with Crippen LogP contribution in [0.2, 0.25) is 0 Å². The van der Waals surface area contributed by atoms with Gasteiger partial charge in [0.25, 0.3) is 0 Å². The minimum atomic E-state index is 0.615. The highest BCUT2D eigenvalue weighted by Crippen LogP contribution is 2.14. The lowest BCUT2D eigenvalue weighted by Gasteiger charge is -2.32. The Balaban J connectivity index is 2.00. The van der Waals surface area contributed by atoms with Crippen LogP contribution in [0, 0.1) is 6.92 Å². The molecule has 2 heterocycles. The van der Waals surface area contributed by atoms with E-state index in [1.165, 1.54) is 0 Å². The Bertz CT molecular complexity index is 390. The Kier molecular flexibility index (Phi) is 4.33. The van der Waals surface area contributed by atoms with E-state index >= 15 is 0 Å². The molecular formula is C12H21N5O. The Morgan fingerprint density at radius 3 is 2.67 bits per heavy atom. The summed E-state index contributed by atoms with van der Waals surface area (Å²) >= 11 is 0. The van der Waals surface area contributed by atoms with E-state index in [4.69, 9.17) is 4.74 Å². The summed E-state index contributed by atoms with van der Waals surface area (Å²) in [4.78, 5) is 10.9. The molecule has 1 aliphatic heterocycles. The van der Waals surface area contributed by atoms with Gasteiger partial charge in [-0.15, -0.1) is 0 Å². The van der Waals surface area contributed by atoms with Crippen LogP contribution in [0.3, 0.4) is 0 Å². The van der Waals surface area contributed by atoms with Gasteiger partial charge in [-0.25, -0.2) is 9.99 Å². The van der Waals surface area contributed by atoms with Crippen molar-refractivity contribution < 1.29 is 4.74 Å². The number of aryl methyl sites for hydroxylation is 1. The molecule has 1 aromatic heterocycles. The number of anilines is 1. The van der Waals surface area contributed by atoms with Crippen LogP contribution in [0.25, 0.3) is 0 Å². The second-order valence-corrected chi connectivity index (χ2v) is 4.47. The van der Waals surface area contributed by atoms with Gasteiger partial charge in [0.15, 0.2) is 0 Å². The summed E-state index contributed by atoms with van der Waals surface area (Å²) in [6, 6.07) is 1.84. The highest BCUT2D eigenvalue weighted by atomic mass is 16.5. The summed E-state index contributed by atoms with van der Waals surface area (Å²) < 4.78 is 5.42. The predicted molar refractivity (Wildman–Crippen MR) is 70.6 cm³/mol. The van der Waals surface area contributed by atoms with Crippen molar-refractivity contribution in [3.8, 4) is 5.88 Å². The molecule has 0 aliphatic carbocycles. The van der Waals surface area contributed by atoms with Gasteiger partial charge in [0, 0.05) is 32.2 Å². The quantitative estimate of drug-likeness (QED) is 0.852. The fourth-order valence-electron chi connectivity index (χ4n) is 1.90. The number of nitrogens with one attached hydrogen (secondary N) is 1. The lowest BCUT2D eigenvalue weighted by Crippen LogP contribution is -2.47. The third kappa shape index (κ3) is 3.54. The minimum absolute atomic E-state index is 0.615.